The fraction of sp³-hybridized carbons (Fsp3) is 0.0750. The standard InChI is InChI=1S/C80H61N/c1-50-47-78(53(4)44-75(50)72-39-38-61(56-22-8-7-9-23-56)62-30-14-15-31-65(62)72)81(79-48-51(2)76(45-54(79)5)73-42-40-70(66-32-16-18-34-68(66)73)63-36-20-26-57-24-10-12-28-59(57)63)80-49-52(3)77(46-55(80)6)74-43-41-71(67-33-17-19-35-69(67)74)64-37-21-27-58-25-11-13-29-60(58)64/h7-49H,1-6H3. The lowest BCUT2D eigenvalue weighted by Gasteiger charge is -2.32. The molecule has 0 saturated carbocycles. The van der Waals surface area contributed by atoms with Gasteiger partial charge in [0, 0.05) is 17.1 Å². The number of nitrogens with zero attached hydrogens (tertiary/aromatic N) is 1. The molecule has 0 spiro atoms. The lowest BCUT2D eigenvalue weighted by atomic mass is 9.87. The van der Waals surface area contributed by atoms with Gasteiger partial charge in [0.05, 0.1) is 0 Å². The molecule has 14 rings (SSSR count). The highest BCUT2D eigenvalue weighted by molar-refractivity contribution is 6.12. The molecule has 1 nitrogen and oxygen atoms in total. The van der Waals surface area contributed by atoms with E-state index in [1.807, 2.05) is 0 Å². The number of rotatable bonds is 9. The summed E-state index contributed by atoms with van der Waals surface area (Å²) in [4.78, 5) is 2.56. The molecule has 0 aromatic heterocycles. The van der Waals surface area contributed by atoms with Gasteiger partial charge in [-0.3, -0.25) is 0 Å². The lowest BCUT2D eigenvalue weighted by molar-refractivity contribution is 1.18. The van der Waals surface area contributed by atoms with Gasteiger partial charge >= 0.3 is 0 Å². The number of anilines is 3. The van der Waals surface area contributed by atoms with Crippen LogP contribution in [0.1, 0.15) is 33.4 Å². The van der Waals surface area contributed by atoms with Gasteiger partial charge in [-0.1, -0.05) is 224 Å². The molecule has 0 aliphatic carbocycles. The van der Waals surface area contributed by atoms with Crippen molar-refractivity contribution in [1.82, 2.24) is 0 Å². The third kappa shape index (κ3) is 8.48. The van der Waals surface area contributed by atoms with Crippen molar-refractivity contribution in [3.8, 4) is 66.8 Å². The van der Waals surface area contributed by atoms with Gasteiger partial charge in [0.1, 0.15) is 0 Å². The summed E-state index contributed by atoms with van der Waals surface area (Å²) >= 11 is 0. The smallest absolute Gasteiger partial charge is 0.0494 e. The third-order valence-corrected chi connectivity index (χ3v) is 17.2. The summed E-state index contributed by atoms with van der Waals surface area (Å²) in [5.41, 5.74) is 25.8. The summed E-state index contributed by atoms with van der Waals surface area (Å²) in [7, 11) is 0. The molecule has 14 aromatic carbocycles. The molecular weight excluding hydrogens is 975 g/mol. The van der Waals surface area contributed by atoms with E-state index in [1.165, 1.54) is 171 Å². The van der Waals surface area contributed by atoms with Crippen LogP contribution in [0, 0.1) is 41.5 Å². The highest BCUT2D eigenvalue weighted by Crippen LogP contribution is 2.49. The molecule has 0 fully saturated rings. The molecule has 0 aliphatic heterocycles. The summed E-state index contributed by atoms with van der Waals surface area (Å²) in [5.74, 6) is 0. The first-order chi connectivity index (χ1) is 39.7. The van der Waals surface area contributed by atoms with Gasteiger partial charge in [-0.05, 0) is 232 Å². The summed E-state index contributed by atoms with van der Waals surface area (Å²) in [6.45, 7) is 13.8. The van der Waals surface area contributed by atoms with Crippen molar-refractivity contribution >= 4 is 70.9 Å². The Kier molecular flexibility index (Phi) is 12.3. The largest absolute Gasteiger partial charge is 0.310 e. The van der Waals surface area contributed by atoms with Crippen LogP contribution < -0.4 is 4.90 Å². The highest BCUT2D eigenvalue weighted by Gasteiger charge is 2.25. The number of hydrogen-bond acceptors (Lipinski definition) is 1. The van der Waals surface area contributed by atoms with E-state index < -0.39 is 0 Å². The molecule has 14 aromatic rings. The predicted octanol–water partition coefficient (Wildman–Crippen LogP) is 22.8. The summed E-state index contributed by atoms with van der Waals surface area (Å²) < 4.78 is 0. The van der Waals surface area contributed by atoms with Crippen molar-refractivity contribution in [2.45, 2.75) is 41.5 Å². The van der Waals surface area contributed by atoms with Crippen molar-refractivity contribution in [3.05, 3.63) is 294 Å². The number of hydrogen-bond donors (Lipinski definition) is 0. The molecule has 1 heteroatoms. The van der Waals surface area contributed by atoms with E-state index in [9.17, 15) is 0 Å². The Bertz CT molecular complexity index is 4600. The summed E-state index contributed by atoms with van der Waals surface area (Å²) in [6.07, 6.45) is 0. The molecule has 0 N–H and O–H groups in total. The van der Waals surface area contributed by atoms with Crippen LogP contribution in [0.3, 0.4) is 0 Å². The van der Waals surface area contributed by atoms with Gasteiger partial charge in [-0.2, -0.15) is 0 Å². The maximum Gasteiger partial charge on any atom is 0.0494 e. The summed E-state index contributed by atoms with van der Waals surface area (Å²) in [5, 5.41) is 12.6. The van der Waals surface area contributed by atoms with Crippen LogP contribution in [0.5, 0.6) is 0 Å². The average Bonchev–Trinajstić information content (AvgIpc) is 3.65. The Labute approximate surface area is 475 Å². The topological polar surface area (TPSA) is 3.24 Å². The van der Waals surface area contributed by atoms with E-state index >= 15 is 0 Å². The monoisotopic (exact) mass is 1040 g/mol. The normalized spacial score (nSPS) is 11.6. The maximum absolute atomic E-state index is 2.56. The Balaban J connectivity index is 0.931. The quantitative estimate of drug-likeness (QED) is 0.139. The molecule has 0 atom stereocenters. The maximum atomic E-state index is 2.56. The Morgan fingerprint density at radius 3 is 0.802 bits per heavy atom. The van der Waals surface area contributed by atoms with E-state index in [4.69, 9.17) is 0 Å². The van der Waals surface area contributed by atoms with Crippen LogP contribution >= 0.6 is 0 Å². The first-order valence-corrected chi connectivity index (χ1v) is 28.4. The predicted molar refractivity (Wildman–Crippen MR) is 350 cm³/mol. The molecule has 81 heavy (non-hydrogen) atoms. The van der Waals surface area contributed by atoms with Crippen LogP contribution in [-0.2, 0) is 0 Å². The van der Waals surface area contributed by atoms with E-state index in [-0.39, 0.29) is 0 Å². The van der Waals surface area contributed by atoms with Crippen molar-refractivity contribution in [3.63, 3.8) is 0 Å². The molecule has 0 radical (unpaired) electrons. The van der Waals surface area contributed by atoms with E-state index in [2.05, 4.69) is 307 Å². The Hall–Kier alpha value is -9.82. The van der Waals surface area contributed by atoms with E-state index in [0.717, 1.165) is 0 Å². The zero-order chi connectivity index (χ0) is 54.9. The van der Waals surface area contributed by atoms with Crippen LogP contribution in [0.4, 0.5) is 17.1 Å². The van der Waals surface area contributed by atoms with Crippen LogP contribution in [0.25, 0.3) is 121 Å². The Morgan fingerprint density at radius 1 is 0.185 bits per heavy atom. The highest BCUT2D eigenvalue weighted by atomic mass is 15.1. The zero-order valence-corrected chi connectivity index (χ0v) is 46.8. The van der Waals surface area contributed by atoms with Crippen LogP contribution in [0.15, 0.2) is 261 Å². The minimum Gasteiger partial charge on any atom is -0.310 e. The molecule has 0 saturated heterocycles. The van der Waals surface area contributed by atoms with Crippen molar-refractivity contribution in [2.24, 2.45) is 0 Å². The second kappa shape index (κ2) is 20.1. The first-order valence-electron chi connectivity index (χ1n) is 28.4. The lowest BCUT2D eigenvalue weighted by Crippen LogP contribution is -2.15. The molecule has 0 bridgehead atoms. The van der Waals surface area contributed by atoms with Crippen molar-refractivity contribution in [1.29, 1.82) is 0 Å². The first kappa shape index (κ1) is 49.5. The number of aryl methyl sites for hydroxylation is 6. The fourth-order valence-corrected chi connectivity index (χ4v) is 13.2. The van der Waals surface area contributed by atoms with Gasteiger partial charge < -0.3 is 4.90 Å². The SMILES string of the molecule is Cc1cc(N(c2cc(C)c(-c3ccc(-c4cccc5ccccc45)c4ccccc34)cc2C)c2cc(C)c(-c3ccc(-c4cccc5ccccc45)c4ccccc34)cc2C)c(C)cc1-c1ccc(-c2ccccc2)c2ccccc12. The second-order valence-corrected chi connectivity index (χ2v) is 22.2. The number of fused-ring (bicyclic) bond motifs is 5. The third-order valence-electron chi connectivity index (χ3n) is 17.2. The number of benzene rings is 14. The van der Waals surface area contributed by atoms with Gasteiger partial charge in [0.15, 0.2) is 0 Å². The van der Waals surface area contributed by atoms with Gasteiger partial charge in [-0.15, -0.1) is 0 Å². The fourth-order valence-electron chi connectivity index (χ4n) is 13.2. The van der Waals surface area contributed by atoms with Crippen molar-refractivity contribution < 1.29 is 0 Å². The minimum absolute atomic E-state index is 1.17. The summed E-state index contributed by atoms with van der Waals surface area (Å²) in [6, 6.07) is 97.0. The molecular formula is C80H61N. The second-order valence-electron chi connectivity index (χ2n) is 22.2. The van der Waals surface area contributed by atoms with Crippen LogP contribution in [-0.4, -0.2) is 0 Å². The van der Waals surface area contributed by atoms with Crippen LogP contribution in [0.2, 0.25) is 0 Å². The average molecular weight is 1040 g/mol. The van der Waals surface area contributed by atoms with E-state index in [1.54, 1.807) is 0 Å². The van der Waals surface area contributed by atoms with Crippen molar-refractivity contribution in [2.75, 3.05) is 4.90 Å². The van der Waals surface area contributed by atoms with Gasteiger partial charge in [0.2, 0.25) is 0 Å². The van der Waals surface area contributed by atoms with Gasteiger partial charge in [0.25, 0.3) is 0 Å². The zero-order valence-electron chi connectivity index (χ0n) is 46.8. The van der Waals surface area contributed by atoms with E-state index in [0.29, 0.717) is 0 Å². The minimum atomic E-state index is 1.17. The molecule has 0 unspecified atom stereocenters. The molecule has 0 amide bonds. The Morgan fingerprint density at radius 2 is 0.444 bits per heavy atom. The molecule has 386 valence electrons. The van der Waals surface area contributed by atoms with Gasteiger partial charge in [-0.25, -0.2) is 0 Å². The molecule has 0 heterocycles. The molecule has 0 aliphatic rings.